The second kappa shape index (κ2) is 6.27. The Morgan fingerprint density at radius 2 is 2.07 bits per heavy atom. The van der Waals surface area contributed by atoms with Gasteiger partial charge in [0.15, 0.2) is 5.17 Å². The molecule has 2 aliphatic rings. The van der Waals surface area contributed by atoms with Crippen LogP contribution in [0.25, 0.3) is 21.9 Å². The summed E-state index contributed by atoms with van der Waals surface area (Å²) < 4.78 is 6.08. The molecule has 2 atom stereocenters. The average Bonchev–Trinajstić information content (AvgIpc) is 2.83. The van der Waals surface area contributed by atoms with E-state index in [4.69, 9.17) is 15.5 Å². The summed E-state index contributed by atoms with van der Waals surface area (Å²) in [5.41, 5.74) is 9.15. The van der Waals surface area contributed by atoms with Crippen LogP contribution in [-0.4, -0.2) is 22.5 Å². The van der Waals surface area contributed by atoms with E-state index in [0.29, 0.717) is 11.1 Å². The molecular formula is C22H21N3OS. The molecule has 5 heteroatoms. The number of hydrogen-bond donors (Lipinski definition) is 1. The highest BCUT2D eigenvalue weighted by Crippen LogP contribution is 2.48. The molecule has 0 aliphatic carbocycles. The van der Waals surface area contributed by atoms with Crippen LogP contribution in [-0.2, 0) is 5.54 Å². The highest BCUT2D eigenvalue weighted by molar-refractivity contribution is 8.13. The lowest BCUT2D eigenvalue weighted by atomic mass is 9.78. The summed E-state index contributed by atoms with van der Waals surface area (Å²) >= 11 is 1.65. The normalized spacial score (nSPS) is 24.3. The molecule has 2 N–H and O–H groups in total. The first-order valence-corrected chi connectivity index (χ1v) is 10.2. The third-order valence-corrected chi connectivity index (χ3v) is 6.75. The van der Waals surface area contributed by atoms with Crippen molar-refractivity contribution in [2.24, 2.45) is 16.6 Å². The quantitative estimate of drug-likeness (QED) is 0.676. The number of aromatic nitrogens is 1. The predicted octanol–water partition coefficient (Wildman–Crippen LogP) is 4.58. The smallest absolute Gasteiger partial charge is 0.154 e. The molecule has 27 heavy (non-hydrogen) atoms. The van der Waals surface area contributed by atoms with Crippen LogP contribution in [0.3, 0.4) is 0 Å². The molecule has 4 nitrogen and oxygen atoms in total. The van der Waals surface area contributed by atoms with E-state index < -0.39 is 0 Å². The first-order valence-electron chi connectivity index (χ1n) is 9.24. The lowest BCUT2D eigenvalue weighted by Gasteiger charge is -2.36. The first kappa shape index (κ1) is 16.6. The predicted molar refractivity (Wildman–Crippen MR) is 112 cm³/mol. The van der Waals surface area contributed by atoms with E-state index >= 15 is 0 Å². The second-order valence-corrected chi connectivity index (χ2v) is 8.40. The molecule has 0 bridgehead atoms. The maximum Gasteiger partial charge on any atom is 0.154 e. The number of nitrogens with two attached hydrogens (primary N) is 1. The largest absolute Gasteiger partial charge is 0.493 e. The van der Waals surface area contributed by atoms with Crippen molar-refractivity contribution in [2.75, 3.05) is 12.4 Å². The molecule has 0 spiro atoms. The zero-order valence-electron chi connectivity index (χ0n) is 15.2. The van der Waals surface area contributed by atoms with Crippen molar-refractivity contribution in [3.63, 3.8) is 0 Å². The van der Waals surface area contributed by atoms with Crippen molar-refractivity contribution >= 4 is 27.7 Å². The van der Waals surface area contributed by atoms with Gasteiger partial charge in [0.25, 0.3) is 0 Å². The minimum absolute atomic E-state index is 0.352. The Balaban J connectivity index is 1.72. The van der Waals surface area contributed by atoms with Gasteiger partial charge in [-0.15, -0.1) is 0 Å². The van der Waals surface area contributed by atoms with Crippen LogP contribution in [0.5, 0.6) is 5.75 Å². The number of ether oxygens (including phenoxy) is 1. The molecule has 1 aromatic heterocycles. The number of rotatable bonds is 1. The van der Waals surface area contributed by atoms with Crippen molar-refractivity contribution in [1.82, 2.24) is 4.98 Å². The standard InChI is InChI=1S/C22H21N3OS/c1-22-16(13-27-21(23)25-22)8-9-26-20-7-6-14(10-19(20)22)18-12-24-11-15-4-2-3-5-17(15)18/h2-7,10-12,16H,8-9,13H2,1H3,(H2,23,25)/t16-,22+/m1/s1. The molecular weight excluding hydrogens is 354 g/mol. The third-order valence-electron chi connectivity index (χ3n) is 5.80. The highest BCUT2D eigenvalue weighted by Gasteiger charge is 2.42. The maximum atomic E-state index is 6.12. The Hall–Kier alpha value is -2.53. The van der Waals surface area contributed by atoms with Gasteiger partial charge in [-0.25, -0.2) is 0 Å². The van der Waals surface area contributed by atoms with Crippen LogP contribution in [0.15, 0.2) is 59.9 Å². The number of thioether (sulfide) groups is 1. The molecule has 136 valence electrons. The van der Waals surface area contributed by atoms with Crippen LogP contribution in [0.1, 0.15) is 18.9 Å². The first-order chi connectivity index (χ1) is 13.1. The molecule has 5 rings (SSSR count). The molecule has 2 aromatic carbocycles. The molecule has 2 aliphatic heterocycles. The lowest BCUT2D eigenvalue weighted by Crippen LogP contribution is -2.37. The molecule has 0 radical (unpaired) electrons. The van der Waals surface area contributed by atoms with Crippen molar-refractivity contribution in [3.8, 4) is 16.9 Å². The second-order valence-electron chi connectivity index (χ2n) is 7.36. The van der Waals surface area contributed by atoms with Crippen LogP contribution in [0.2, 0.25) is 0 Å². The van der Waals surface area contributed by atoms with Crippen molar-refractivity contribution in [1.29, 1.82) is 0 Å². The Morgan fingerprint density at radius 3 is 3.00 bits per heavy atom. The van der Waals surface area contributed by atoms with E-state index in [1.807, 2.05) is 18.5 Å². The van der Waals surface area contributed by atoms with E-state index in [9.17, 15) is 0 Å². The van der Waals surface area contributed by atoms with E-state index in [0.717, 1.165) is 46.6 Å². The summed E-state index contributed by atoms with van der Waals surface area (Å²) in [5.74, 6) is 2.31. The van der Waals surface area contributed by atoms with Gasteiger partial charge in [0.2, 0.25) is 0 Å². The lowest BCUT2D eigenvalue weighted by molar-refractivity contribution is 0.271. The summed E-state index contributed by atoms with van der Waals surface area (Å²) in [7, 11) is 0. The van der Waals surface area contributed by atoms with Gasteiger partial charge in [0, 0.05) is 40.6 Å². The summed E-state index contributed by atoms with van der Waals surface area (Å²) in [6, 6.07) is 14.8. The number of nitrogens with zero attached hydrogens (tertiary/aromatic N) is 2. The molecule has 3 aromatic rings. The van der Waals surface area contributed by atoms with Gasteiger partial charge in [-0.05, 0) is 36.4 Å². The number of fused-ring (bicyclic) bond motifs is 4. The van der Waals surface area contributed by atoms with Crippen LogP contribution in [0.4, 0.5) is 0 Å². The Labute approximate surface area is 162 Å². The topological polar surface area (TPSA) is 60.5 Å². The summed E-state index contributed by atoms with van der Waals surface area (Å²) in [5, 5.41) is 3.01. The minimum Gasteiger partial charge on any atom is -0.493 e. The number of benzene rings is 2. The average molecular weight is 375 g/mol. The number of amidine groups is 1. The van der Waals surface area contributed by atoms with Crippen molar-refractivity contribution < 1.29 is 4.74 Å². The number of hydrogen-bond acceptors (Lipinski definition) is 5. The van der Waals surface area contributed by atoms with Crippen LogP contribution >= 0.6 is 11.8 Å². The minimum atomic E-state index is -0.352. The third kappa shape index (κ3) is 2.69. The zero-order chi connectivity index (χ0) is 18.4. The molecule has 0 saturated heterocycles. The molecule has 0 unspecified atom stereocenters. The van der Waals surface area contributed by atoms with Crippen molar-refractivity contribution in [2.45, 2.75) is 18.9 Å². The summed E-state index contributed by atoms with van der Waals surface area (Å²) in [6.45, 7) is 2.92. The van der Waals surface area contributed by atoms with Gasteiger partial charge in [0.05, 0.1) is 12.1 Å². The Bertz CT molecular complexity index is 1060. The number of aliphatic imine (C=N–C) groups is 1. The fraction of sp³-hybridized carbons (Fsp3) is 0.273. The summed E-state index contributed by atoms with van der Waals surface area (Å²) in [6.07, 6.45) is 4.84. The molecule has 0 amide bonds. The van der Waals surface area contributed by atoms with E-state index in [1.165, 1.54) is 5.39 Å². The molecule has 0 fully saturated rings. The highest BCUT2D eigenvalue weighted by atomic mass is 32.2. The van der Waals surface area contributed by atoms with E-state index in [-0.39, 0.29) is 5.54 Å². The monoisotopic (exact) mass is 375 g/mol. The SMILES string of the molecule is C[C@]12N=C(N)SC[C@H]1CCOc1ccc(-c3cncc4ccccc34)cc12. The van der Waals surface area contributed by atoms with Gasteiger partial charge >= 0.3 is 0 Å². The van der Waals surface area contributed by atoms with Crippen molar-refractivity contribution in [3.05, 3.63) is 60.4 Å². The molecule has 0 saturated carbocycles. The van der Waals surface area contributed by atoms with Gasteiger partial charge < -0.3 is 10.5 Å². The van der Waals surface area contributed by atoms with E-state index in [1.54, 1.807) is 11.8 Å². The van der Waals surface area contributed by atoms with Gasteiger partial charge in [-0.1, -0.05) is 42.1 Å². The maximum absolute atomic E-state index is 6.12. The van der Waals surface area contributed by atoms with E-state index in [2.05, 4.69) is 48.3 Å². The fourth-order valence-corrected chi connectivity index (χ4v) is 5.34. The molecule has 3 heterocycles. The zero-order valence-corrected chi connectivity index (χ0v) is 16.0. The van der Waals surface area contributed by atoms with Crippen LogP contribution < -0.4 is 10.5 Å². The van der Waals surface area contributed by atoms with Gasteiger partial charge in [-0.3, -0.25) is 9.98 Å². The Kier molecular flexibility index (Phi) is 3.86. The van der Waals surface area contributed by atoms with Gasteiger partial charge in [0.1, 0.15) is 5.75 Å². The number of pyridine rings is 1. The summed E-state index contributed by atoms with van der Waals surface area (Å²) in [4.78, 5) is 9.34. The fourth-order valence-electron chi connectivity index (χ4n) is 4.22. The van der Waals surface area contributed by atoms with Gasteiger partial charge in [-0.2, -0.15) is 0 Å². The van der Waals surface area contributed by atoms with Crippen LogP contribution in [0, 0.1) is 5.92 Å². The Morgan fingerprint density at radius 1 is 1.19 bits per heavy atom.